The minimum Gasteiger partial charge on any atom is -0.461 e. The number of benzene rings is 1. The standard InChI is InChI=1S/C22H29N3O3/c1-3-22(14-18(24-27)21(26)28-4-2)11-7-12-25-13-10-16-15-8-5-6-9-17(15)23-19(16)20(22)25/h5-6,8-9,20,23,27H,3-4,7,10-14H2,1-2H3/t20-,22+/m1/s1. The molecule has 0 unspecified atom stereocenters. The van der Waals surface area contributed by atoms with E-state index in [0.717, 1.165) is 38.8 Å². The lowest BCUT2D eigenvalue weighted by Crippen LogP contribution is -2.50. The second-order valence-electron chi connectivity index (χ2n) is 8.01. The van der Waals surface area contributed by atoms with Crippen LogP contribution in [0.25, 0.3) is 10.9 Å². The number of fused-ring (bicyclic) bond motifs is 5. The van der Waals surface area contributed by atoms with E-state index in [1.54, 1.807) is 6.92 Å². The minimum absolute atomic E-state index is 0.133. The summed E-state index contributed by atoms with van der Waals surface area (Å²) in [6, 6.07) is 8.67. The van der Waals surface area contributed by atoms with Crippen molar-refractivity contribution in [2.45, 2.75) is 52.0 Å². The quantitative estimate of drug-likeness (QED) is 0.353. The van der Waals surface area contributed by atoms with E-state index >= 15 is 0 Å². The number of ether oxygens (including phenoxy) is 1. The Morgan fingerprint density at radius 2 is 2.18 bits per heavy atom. The monoisotopic (exact) mass is 383 g/mol. The zero-order valence-electron chi connectivity index (χ0n) is 16.7. The van der Waals surface area contributed by atoms with Crippen LogP contribution in [0.3, 0.4) is 0 Å². The highest BCUT2D eigenvalue weighted by Gasteiger charge is 2.48. The molecule has 2 N–H and O–H groups in total. The van der Waals surface area contributed by atoms with Gasteiger partial charge < -0.3 is 14.9 Å². The molecule has 28 heavy (non-hydrogen) atoms. The van der Waals surface area contributed by atoms with E-state index in [1.807, 2.05) is 0 Å². The smallest absolute Gasteiger partial charge is 0.356 e. The molecule has 2 aromatic rings. The number of oxime groups is 1. The van der Waals surface area contributed by atoms with Crippen molar-refractivity contribution in [2.75, 3.05) is 19.7 Å². The average Bonchev–Trinajstić information content (AvgIpc) is 3.10. The zero-order valence-corrected chi connectivity index (χ0v) is 16.7. The van der Waals surface area contributed by atoms with Crippen molar-refractivity contribution in [1.29, 1.82) is 0 Å². The van der Waals surface area contributed by atoms with E-state index < -0.39 is 5.97 Å². The van der Waals surface area contributed by atoms with Crippen LogP contribution in [0.1, 0.15) is 56.8 Å². The first-order valence-corrected chi connectivity index (χ1v) is 10.3. The molecule has 2 atom stereocenters. The Kier molecular flexibility index (Phi) is 5.15. The van der Waals surface area contributed by atoms with Gasteiger partial charge in [0.25, 0.3) is 0 Å². The van der Waals surface area contributed by atoms with Crippen LogP contribution in [-0.4, -0.2) is 46.5 Å². The van der Waals surface area contributed by atoms with E-state index in [1.165, 1.54) is 22.2 Å². The van der Waals surface area contributed by atoms with Crippen LogP contribution in [0.4, 0.5) is 0 Å². The lowest BCUT2D eigenvalue weighted by molar-refractivity contribution is -0.135. The third-order valence-corrected chi connectivity index (χ3v) is 6.69. The van der Waals surface area contributed by atoms with E-state index in [4.69, 9.17) is 4.74 Å². The summed E-state index contributed by atoms with van der Waals surface area (Å²) in [7, 11) is 0. The second-order valence-corrected chi connectivity index (χ2v) is 8.01. The summed E-state index contributed by atoms with van der Waals surface area (Å²) in [4.78, 5) is 18.6. The Balaban J connectivity index is 1.78. The summed E-state index contributed by atoms with van der Waals surface area (Å²) in [5.74, 6) is -0.511. The molecule has 0 amide bonds. The largest absolute Gasteiger partial charge is 0.461 e. The number of nitrogens with one attached hydrogen (secondary N) is 1. The van der Waals surface area contributed by atoms with Crippen molar-refractivity contribution in [3.63, 3.8) is 0 Å². The van der Waals surface area contributed by atoms with Gasteiger partial charge in [0.05, 0.1) is 12.6 Å². The van der Waals surface area contributed by atoms with Crippen LogP contribution in [0.5, 0.6) is 0 Å². The van der Waals surface area contributed by atoms with E-state index in [9.17, 15) is 10.0 Å². The lowest BCUT2D eigenvalue weighted by atomic mass is 9.65. The predicted octanol–water partition coefficient (Wildman–Crippen LogP) is 4.04. The Bertz CT molecular complexity index is 904. The average molecular weight is 383 g/mol. The van der Waals surface area contributed by atoms with Crippen molar-refractivity contribution in [1.82, 2.24) is 9.88 Å². The third-order valence-electron chi connectivity index (χ3n) is 6.69. The van der Waals surface area contributed by atoms with Gasteiger partial charge in [-0.15, -0.1) is 0 Å². The molecule has 0 radical (unpaired) electrons. The molecule has 0 saturated carbocycles. The number of carbonyl (C=O) groups excluding carboxylic acids is 1. The molecule has 0 spiro atoms. The van der Waals surface area contributed by atoms with Crippen LogP contribution >= 0.6 is 0 Å². The van der Waals surface area contributed by atoms with Crippen molar-refractivity contribution >= 4 is 22.6 Å². The zero-order chi connectivity index (χ0) is 19.7. The Labute approximate surface area is 165 Å². The molecule has 2 aliphatic heterocycles. The molecule has 0 bridgehead atoms. The van der Waals surface area contributed by atoms with Crippen LogP contribution in [0, 0.1) is 5.41 Å². The summed E-state index contributed by atoms with van der Waals surface area (Å²) >= 11 is 0. The first kappa shape index (κ1) is 19.0. The number of H-pyrrole nitrogens is 1. The lowest BCUT2D eigenvalue weighted by Gasteiger charge is -2.52. The first-order chi connectivity index (χ1) is 13.6. The fourth-order valence-electron chi connectivity index (χ4n) is 5.37. The number of hydrogen-bond acceptors (Lipinski definition) is 5. The van der Waals surface area contributed by atoms with Crippen molar-refractivity contribution < 1.29 is 14.7 Å². The van der Waals surface area contributed by atoms with Crippen LogP contribution < -0.4 is 0 Å². The fourth-order valence-corrected chi connectivity index (χ4v) is 5.37. The van der Waals surface area contributed by atoms with Gasteiger partial charge in [-0.05, 0) is 56.2 Å². The SMILES string of the molecule is CCOC(=O)C(C[C@]1(CC)CCCN2CCc3c([nH]c4ccccc34)[C@@H]21)=NO. The van der Waals surface area contributed by atoms with Crippen LogP contribution in [0.2, 0.25) is 0 Å². The molecule has 1 aromatic carbocycles. The van der Waals surface area contributed by atoms with Gasteiger partial charge in [-0.3, -0.25) is 4.90 Å². The molecule has 1 aromatic heterocycles. The highest BCUT2D eigenvalue weighted by Crippen LogP contribution is 2.53. The van der Waals surface area contributed by atoms with Gasteiger partial charge in [0.1, 0.15) is 0 Å². The topological polar surface area (TPSA) is 77.9 Å². The minimum atomic E-state index is -0.511. The summed E-state index contributed by atoms with van der Waals surface area (Å²) in [6.45, 7) is 6.31. The van der Waals surface area contributed by atoms with Gasteiger partial charge in [-0.1, -0.05) is 30.3 Å². The van der Waals surface area contributed by atoms with Gasteiger partial charge >= 0.3 is 5.97 Å². The van der Waals surface area contributed by atoms with Gasteiger partial charge in [-0.2, -0.15) is 0 Å². The molecule has 1 fully saturated rings. The maximum absolute atomic E-state index is 12.3. The Morgan fingerprint density at radius 1 is 1.36 bits per heavy atom. The predicted molar refractivity (Wildman–Crippen MR) is 109 cm³/mol. The Morgan fingerprint density at radius 3 is 2.93 bits per heavy atom. The van der Waals surface area contributed by atoms with Gasteiger partial charge in [0, 0.05) is 29.6 Å². The highest BCUT2D eigenvalue weighted by molar-refractivity contribution is 6.36. The van der Waals surface area contributed by atoms with E-state index in [2.05, 4.69) is 46.2 Å². The van der Waals surface area contributed by atoms with E-state index in [0.29, 0.717) is 6.42 Å². The molecular weight excluding hydrogens is 354 g/mol. The number of para-hydroxylation sites is 1. The van der Waals surface area contributed by atoms with Crippen LogP contribution in [0.15, 0.2) is 29.4 Å². The molecule has 1 saturated heterocycles. The van der Waals surface area contributed by atoms with Gasteiger partial charge in [0.15, 0.2) is 5.71 Å². The van der Waals surface area contributed by atoms with Crippen molar-refractivity contribution in [2.24, 2.45) is 10.6 Å². The number of esters is 1. The third kappa shape index (κ3) is 3.00. The normalized spacial score (nSPS) is 25.4. The molecular formula is C22H29N3O3. The number of nitrogens with zero attached hydrogens (tertiary/aromatic N) is 2. The van der Waals surface area contributed by atoms with Gasteiger partial charge in [-0.25, -0.2) is 4.79 Å². The highest BCUT2D eigenvalue weighted by atomic mass is 16.5. The number of piperidine rings is 1. The fraction of sp³-hybridized carbons (Fsp3) is 0.545. The molecule has 2 aliphatic rings. The van der Waals surface area contributed by atoms with Crippen molar-refractivity contribution in [3.05, 3.63) is 35.5 Å². The van der Waals surface area contributed by atoms with E-state index in [-0.39, 0.29) is 23.8 Å². The molecule has 3 heterocycles. The number of carbonyl (C=O) groups is 1. The summed E-state index contributed by atoms with van der Waals surface area (Å²) < 4.78 is 5.13. The van der Waals surface area contributed by atoms with Gasteiger partial charge in [0.2, 0.25) is 0 Å². The number of aromatic nitrogens is 1. The van der Waals surface area contributed by atoms with Crippen LogP contribution in [-0.2, 0) is 16.0 Å². The maximum atomic E-state index is 12.3. The first-order valence-electron chi connectivity index (χ1n) is 10.3. The molecule has 6 nitrogen and oxygen atoms in total. The van der Waals surface area contributed by atoms with Crippen molar-refractivity contribution in [3.8, 4) is 0 Å². The maximum Gasteiger partial charge on any atom is 0.356 e. The summed E-state index contributed by atoms with van der Waals surface area (Å²) in [6.07, 6.45) is 4.45. The number of hydrogen-bond donors (Lipinski definition) is 2. The second kappa shape index (κ2) is 7.59. The number of rotatable bonds is 5. The molecule has 150 valence electrons. The molecule has 6 heteroatoms. The number of aromatic amines is 1. The Hall–Kier alpha value is -2.34. The summed E-state index contributed by atoms with van der Waals surface area (Å²) in [5, 5.41) is 14.2. The molecule has 4 rings (SSSR count). The summed E-state index contributed by atoms with van der Waals surface area (Å²) in [5.41, 5.74) is 3.81. The molecule has 0 aliphatic carbocycles.